The summed E-state index contributed by atoms with van der Waals surface area (Å²) in [6, 6.07) is 2.03. The fraction of sp³-hybridized carbons (Fsp3) is 0.500. The number of methoxy groups -OCH3 is 1. The van der Waals surface area contributed by atoms with E-state index in [0.717, 1.165) is 24.5 Å². The first-order valence-electron chi connectivity index (χ1n) is 4.78. The van der Waals surface area contributed by atoms with Gasteiger partial charge in [-0.15, -0.1) is 0 Å². The number of ether oxygens (including phenoxy) is 1. The monoisotopic (exact) mass is 195 g/mol. The largest absolute Gasteiger partial charge is 0.384 e. The van der Waals surface area contributed by atoms with Crippen LogP contribution in [0.25, 0.3) is 0 Å². The molecule has 1 aromatic heterocycles. The molecule has 0 radical (unpaired) electrons. The Morgan fingerprint density at radius 1 is 1.29 bits per heavy atom. The topological polar surface area (TPSA) is 46.2 Å². The van der Waals surface area contributed by atoms with E-state index in [4.69, 9.17) is 4.74 Å². The molecule has 0 aromatic carbocycles. The summed E-state index contributed by atoms with van der Waals surface area (Å²) in [6.07, 6.45) is 3.61. The highest BCUT2D eigenvalue weighted by Gasteiger charge is 1.94. The van der Waals surface area contributed by atoms with Crippen molar-refractivity contribution in [1.82, 2.24) is 4.98 Å². The minimum atomic E-state index is 0.700. The molecule has 0 aliphatic heterocycles. The molecule has 0 aliphatic rings. The van der Waals surface area contributed by atoms with Crippen LogP contribution in [0.5, 0.6) is 0 Å². The van der Waals surface area contributed by atoms with Gasteiger partial charge in [-0.05, 0) is 13.0 Å². The van der Waals surface area contributed by atoms with Crippen LogP contribution in [0.1, 0.15) is 6.92 Å². The van der Waals surface area contributed by atoms with Crippen molar-refractivity contribution in [2.45, 2.75) is 6.92 Å². The summed E-state index contributed by atoms with van der Waals surface area (Å²) >= 11 is 0. The quantitative estimate of drug-likeness (QED) is 0.676. The molecule has 4 heteroatoms. The molecule has 0 fully saturated rings. The van der Waals surface area contributed by atoms with Gasteiger partial charge in [0.2, 0.25) is 0 Å². The molecule has 14 heavy (non-hydrogen) atoms. The highest BCUT2D eigenvalue weighted by Crippen LogP contribution is 2.11. The van der Waals surface area contributed by atoms with Crippen LogP contribution in [0, 0.1) is 0 Å². The number of hydrogen-bond donors (Lipinski definition) is 2. The van der Waals surface area contributed by atoms with Crippen LogP contribution in [0.15, 0.2) is 18.5 Å². The van der Waals surface area contributed by atoms with Crippen LogP contribution in [-0.2, 0) is 4.74 Å². The summed E-state index contributed by atoms with van der Waals surface area (Å²) in [5.41, 5.74) is 2.05. The Balaban J connectivity index is 2.46. The van der Waals surface area contributed by atoms with Crippen molar-refractivity contribution in [3.05, 3.63) is 18.5 Å². The Hall–Kier alpha value is -1.29. The summed E-state index contributed by atoms with van der Waals surface area (Å²) in [5, 5.41) is 6.42. The van der Waals surface area contributed by atoms with Crippen LogP contribution >= 0.6 is 0 Å². The van der Waals surface area contributed by atoms with E-state index in [1.165, 1.54) is 0 Å². The van der Waals surface area contributed by atoms with Crippen LogP contribution in [-0.4, -0.2) is 31.8 Å². The van der Waals surface area contributed by atoms with Gasteiger partial charge in [-0.25, -0.2) is 0 Å². The highest BCUT2D eigenvalue weighted by molar-refractivity contribution is 5.53. The van der Waals surface area contributed by atoms with Crippen LogP contribution in [0.2, 0.25) is 0 Å². The lowest BCUT2D eigenvalue weighted by Crippen LogP contribution is -2.08. The Bertz CT molecular complexity index is 265. The van der Waals surface area contributed by atoms with Gasteiger partial charge in [-0.2, -0.15) is 0 Å². The lowest BCUT2D eigenvalue weighted by Gasteiger charge is -2.07. The van der Waals surface area contributed by atoms with Crippen molar-refractivity contribution >= 4 is 11.4 Å². The van der Waals surface area contributed by atoms with Crippen molar-refractivity contribution in [2.75, 3.05) is 37.4 Å². The van der Waals surface area contributed by atoms with Crippen LogP contribution < -0.4 is 10.6 Å². The van der Waals surface area contributed by atoms with Crippen molar-refractivity contribution in [2.24, 2.45) is 0 Å². The van der Waals surface area contributed by atoms with Crippen LogP contribution in [0.4, 0.5) is 11.4 Å². The number of aromatic nitrogens is 1. The molecule has 4 nitrogen and oxygen atoms in total. The van der Waals surface area contributed by atoms with E-state index >= 15 is 0 Å². The number of pyridine rings is 1. The Kier molecular flexibility index (Phi) is 4.78. The minimum Gasteiger partial charge on any atom is -0.384 e. The molecular weight excluding hydrogens is 178 g/mol. The van der Waals surface area contributed by atoms with Gasteiger partial charge in [-0.1, -0.05) is 0 Å². The van der Waals surface area contributed by atoms with E-state index in [9.17, 15) is 0 Å². The van der Waals surface area contributed by atoms with E-state index < -0.39 is 0 Å². The zero-order valence-corrected chi connectivity index (χ0v) is 8.71. The third-order valence-electron chi connectivity index (χ3n) is 1.75. The molecule has 0 unspecified atom stereocenters. The Morgan fingerprint density at radius 2 is 2.00 bits per heavy atom. The molecule has 0 aliphatic carbocycles. The van der Waals surface area contributed by atoms with Gasteiger partial charge in [0.05, 0.1) is 30.4 Å². The van der Waals surface area contributed by atoms with E-state index in [2.05, 4.69) is 22.5 Å². The average Bonchev–Trinajstić information content (AvgIpc) is 2.19. The maximum Gasteiger partial charge on any atom is 0.0635 e. The second kappa shape index (κ2) is 6.21. The first-order valence-corrected chi connectivity index (χ1v) is 4.78. The zero-order valence-electron chi connectivity index (χ0n) is 8.71. The number of rotatable bonds is 6. The SMILES string of the molecule is CCNc1cncc(NCCOC)c1. The number of nitrogens with zero attached hydrogens (tertiary/aromatic N) is 1. The van der Waals surface area contributed by atoms with E-state index in [1.807, 2.05) is 12.3 Å². The summed E-state index contributed by atoms with van der Waals surface area (Å²) < 4.78 is 4.94. The number of anilines is 2. The predicted molar refractivity (Wildman–Crippen MR) is 58.8 cm³/mol. The second-order valence-corrected chi connectivity index (χ2v) is 2.91. The zero-order chi connectivity index (χ0) is 10.2. The molecule has 0 saturated carbocycles. The summed E-state index contributed by atoms with van der Waals surface area (Å²) in [7, 11) is 1.69. The molecule has 1 heterocycles. The highest BCUT2D eigenvalue weighted by atomic mass is 16.5. The molecule has 2 N–H and O–H groups in total. The van der Waals surface area contributed by atoms with Gasteiger partial charge in [0.15, 0.2) is 0 Å². The molecule has 0 bridgehead atoms. The molecule has 0 saturated heterocycles. The van der Waals surface area contributed by atoms with E-state index in [0.29, 0.717) is 6.61 Å². The minimum absolute atomic E-state index is 0.700. The smallest absolute Gasteiger partial charge is 0.0635 e. The maximum absolute atomic E-state index is 4.94. The van der Waals surface area contributed by atoms with Crippen molar-refractivity contribution in [1.29, 1.82) is 0 Å². The summed E-state index contributed by atoms with van der Waals surface area (Å²) in [4.78, 5) is 4.12. The first-order chi connectivity index (χ1) is 6.86. The second-order valence-electron chi connectivity index (χ2n) is 2.91. The molecule has 1 rings (SSSR count). The van der Waals surface area contributed by atoms with Crippen molar-refractivity contribution in [3.8, 4) is 0 Å². The lowest BCUT2D eigenvalue weighted by molar-refractivity contribution is 0.211. The fourth-order valence-corrected chi connectivity index (χ4v) is 1.13. The van der Waals surface area contributed by atoms with Gasteiger partial charge in [0, 0.05) is 20.2 Å². The number of nitrogens with one attached hydrogen (secondary N) is 2. The first kappa shape index (κ1) is 10.8. The van der Waals surface area contributed by atoms with Crippen molar-refractivity contribution < 1.29 is 4.74 Å². The van der Waals surface area contributed by atoms with Gasteiger partial charge in [0.25, 0.3) is 0 Å². The normalized spacial score (nSPS) is 9.86. The van der Waals surface area contributed by atoms with Gasteiger partial charge >= 0.3 is 0 Å². The molecule has 78 valence electrons. The maximum atomic E-state index is 4.94. The van der Waals surface area contributed by atoms with Crippen molar-refractivity contribution in [3.63, 3.8) is 0 Å². The molecule has 0 atom stereocenters. The summed E-state index contributed by atoms with van der Waals surface area (Å²) in [6.45, 7) is 4.47. The molecule has 1 aromatic rings. The third kappa shape index (κ3) is 3.62. The van der Waals surface area contributed by atoms with E-state index in [-0.39, 0.29) is 0 Å². The average molecular weight is 195 g/mol. The Labute approximate surface area is 84.7 Å². The fourth-order valence-electron chi connectivity index (χ4n) is 1.13. The molecular formula is C10H17N3O. The van der Waals surface area contributed by atoms with Crippen LogP contribution in [0.3, 0.4) is 0 Å². The van der Waals surface area contributed by atoms with E-state index in [1.54, 1.807) is 13.3 Å². The standard InChI is InChI=1S/C10H17N3O/c1-3-12-9-6-10(8-11-7-9)13-4-5-14-2/h6-8,12-13H,3-5H2,1-2H3. The number of hydrogen-bond acceptors (Lipinski definition) is 4. The van der Waals surface area contributed by atoms with Gasteiger partial charge in [0.1, 0.15) is 0 Å². The third-order valence-corrected chi connectivity index (χ3v) is 1.75. The Morgan fingerprint density at radius 3 is 2.64 bits per heavy atom. The predicted octanol–water partition coefficient (Wildman–Crippen LogP) is 1.57. The summed E-state index contributed by atoms with van der Waals surface area (Å²) in [5.74, 6) is 0. The molecule has 0 amide bonds. The lowest BCUT2D eigenvalue weighted by atomic mass is 10.3. The van der Waals surface area contributed by atoms with Gasteiger partial charge in [-0.3, -0.25) is 4.98 Å². The molecule has 0 spiro atoms. The van der Waals surface area contributed by atoms with Gasteiger partial charge < -0.3 is 15.4 Å².